The Morgan fingerprint density at radius 3 is 2.57 bits per heavy atom. The van der Waals surface area contributed by atoms with Crippen LogP contribution in [-0.4, -0.2) is 24.4 Å². The standard InChI is InChI=1S/C17H22N2O2/c1-12(13-5-6-13)18-17(21)14-7-9-15(10-8-14)19-11-3-2-4-16(19)20/h7-10,12-13H,2-6,11H2,1H3,(H,18,21). The molecule has 1 N–H and O–H groups in total. The molecule has 1 atom stereocenters. The Morgan fingerprint density at radius 1 is 1.24 bits per heavy atom. The van der Waals surface area contributed by atoms with Crippen molar-refractivity contribution < 1.29 is 9.59 Å². The van der Waals surface area contributed by atoms with E-state index < -0.39 is 0 Å². The fourth-order valence-corrected chi connectivity index (χ4v) is 2.88. The van der Waals surface area contributed by atoms with Crippen LogP contribution >= 0.6 is 0 Å². The minimum atomic E-state index is -0.0223. The van der Waals surface area contributed by atoms with E-state index in [1.807, 2.05) is 29.2 Å². The largest absolute Gasteiger partial charge is 0.349 e. The minimum Gasteiger partial charge on any atom is -0.349 e. The van der Waals surface area contributed by atoms with E-state index in [2.05, 4.69) is 12.2 Å². The lowest BCUT2D eigenvalue weighted by Gasteiger charge is -2.26. The normalized spacial score (nSPS) is 20.2. The first-order valence-corrected chi connectivity index (χ1v) is 7.86. The van der Waals surface area contributed by atoms with Gasteiger partial charge in [-0.1, -0.05) is 0 Å². The fraction of sp³-hybridized carbons (Fsp3) is 0.529. The molecule has 0 bridgehead atoms. The van der Waals surface area contributed by atoms with Gasteiger partial charge in [-0.05, 0) is 62.8 Å². The van der Waals surface area contributed by atoms with Crippen LogP contribution in [0.15, 0.2) is 24.3 Å². The van der Waals surface area contributed by atoms with Crippen LogP contribution in [0.5, 0.6) is 0 Å². The van der Waals surface area contributed by atoms with Crippen molar-refractivity contribution in [2.45, 2.75) is 45.1 Å². The number of anilines is 1. The van der Waals surface area contributed by atoms with Gasteiger partial charge in [-0.25, -0.2) is 0 Å². The predicted molar refractivity (Wildman–Crippen MR) is 82.3 cm³/mol. The van der Waals surface area contributed by atoms with Crippen LogP contribution in [0.4, 0.5) is 5.69 Å². The molecule has 1 aromatic rings. The molecular formula is C17H22N2O2. The lowest BCUT2D eigenvalue weighted by molar-refractivity contribution is -0.119. The number of benzene rings is 1. The summed E-state index contributed by atoms with van der Waals surface area (Å²) >= 11 is 0. The second kappa shape index (κ2) is 5.88. The highest BCUT2D eigenvalue weighted by molar-refractivity contribution is 5.97. The molecule has 2 fully saturated rings. The zero-order valence-electron chi connectivity index (χ0n) is 12.5. The highest BCUT2D eigenvalue weighted by Gasteiger charge is 2.29. The number of piperidine rings is 1. The maximum Gasteiger partial charge on any atom is 0.251 e. The van der Waals surface area contributed by atoms with Gasteiger partial charge in [0.1, 0.15) is 0 Å². The zero-order valence-corrected chi connectivity index (χ0v) is 12.5. The molecule has 1 aromatic carbocycles. The van der Waals surface area contributed by atoms with Crippen LogP contribution in [0, 0.1) is 5.92 Å². The predicted octanol–water partition coefficient (Wildman–Crippen LogP) is 2.73. The van der Waals surface area contributed by atoms with Gasteiger partial charge in [0.25, 0.3) is 5.91 Å². The molecule has 4 heteroatoms. The third-order valence-electron chi connectivity index (χ3n) is 4.45. The SMILES string of the molecule is CC(NC(=O)c1ccc(N2CCCCC2=O)cc1)C1CC1. The Bertz CT molecular complexity index is 534. The second-order valence-electron chi connectivity index (χ2n) is 6.15. The molecule has 1 aliphatic carbocycles. The summed E-state index contributed by atoms with van der Waals surface area (Å²) in [5.74, 6) is 0.811. The average molecular weight is 286 g/mol. The average Bonchev–Trinajstić information content (AvgIpc) is 3.32. The topological polar surface area (TPSA) is 49.4 Å². The maximum absolute atomic E-state index is 12.1. The monoisotopic (exact) mass is 286 g/mol. The number of hydrogen-bond acceptors (Lipinski definition) is 2. The lowest BCUT2D eigenvalue weighted by Crippen LogP contribution is -2.35. The molecular weight excluding hydrogens is 264 g/mol. The molecule has 1 saturated heterocycles. The van der Waals surface area contributed by atoms with E-state index in [4.69, 9.17) is 0 Å². The van der Waals surface area contributed by atoms with E-state index in [0.29, 0.717) is 17.9 Å². The molecule has 1 unspecified atom stereocenters. The summed E-state index contributed by atoms with van der Waals surface area (Å²) in [6.45, 7) is 2.85. The Hall–Kier alpha value is -1.84. The van der Waals surface area contributed by atoms with Crippen molar-refractivity contribution in [3.63, 3.8) is 0 Å². The first-order valence-electron chi connectivity index (χ1n) is 7.86. The van der Waals surface area contributed by atoms with Crippen molar-refractivity contribution in [2.75, 3.05) is 11.4 Å². The molecule has 112 valence electrons. The van der Waals surface area contributed by atoms with Gasteiger partial charge >= 0.3 is 0 Å². The highest BCUT2D eigenvalue weighted by Crippen LogP contribution is 2.32. The van der Waals surface area contributed by atoms with Gasteiger partial charge in [0.05, 0.1) is 0 Å². The molecule has 2 amide bonds. The molecule has 21 heavy (non-hydrogen) atoms. The third-order valence-corrected chi connectivity index (χ3v) is 4.45. The molecule has 1 heterocycles. The van der Waals surface area contributed by atoms with Crippen LogP contribution in [0.25, 0.3) is 0 Å². The summed E-state index contributed by atoms with van der Waals surface area (Å²) in [6.07, 6.45) is 5.10. The fourth-order valence-electron chi connectivity index (χ4n) is 2.88. The first-order chi connectivity index (χ1) is 10.1. The Morgan fingerprint density at radius 2 is 1.95 bits per heavy atom. The van der Waals surface area contributed by atoms with Crippen molar-refractivity contribution in [1.82, 2.24) is 5.32 Å². The van der Waals surface area contributed by atoms with Gasteiger partial charge in [-0.3, -0.25) is 9.59 Å². The second-order valence-corrected chi connectivity index (χ2v) is 6.15. The third kappa shape index (κ3) is 3.26. The number of carbonyl (C=O) groups excluding carboxylic acids is 2. The van der Waals surface area contributed by atoms with Crippen LogP contribution in [0.2, 0.25) is 0 Å². The molecule has 1 aliphatic heterocycles. The van der Waals surface area contributed by atoms with Gasteiger partial charge in [-0.2, -0.15) is 0 Å². The van der Waals surface area contributed by atoms with Crippen LogP contribution in [0.1, 0.15) is 49.4 Å². The van der Waals surface area contributed by atoms with Gasteiger partial charge in [0, 0.05) is 30.3 Å². The van der Waals surface area contributed by atoms with E-state index in [1.54, 1.807) is 0 Å². The minimum absolute atomic E-state index is 0.0223. The van der Waals surface area contributed by atoms with Crippen molar-refractivity contribution in [3.05, 3.63) is 29.8 Å². The summed E-state index contributed by atoms with van der Waals surface area (Å²) in [7, 11) is 0. The van der Waals surface area contributed by atoms with Gasteiger partial charge in [-0.15, -0.1) is 0 Å². The van der Waals surface area contributed by atoms with Gasteiger partial charge in [0.15, 0.2) is 0 Å². The maximum atomic E-state index is 12.1. The number of nitrogens with one attached hydrogen (secondary N) is 1. The molecule has 0 aromatic heterocycles. The van der Waals surface area contributed by atoms with Crippen molar-refractivity contribution >= 4 is 17.5 Å². The van der Waals surface area contributed by atoms with Crippen molar-refractivity contribution in [3.8, 4) is 0 Å². The number of amides is 2. The lowest BCUT2D eigenvalue weighted by atomic mass is 10.1. The van der Waals surface area contributed by atoms with Crippen molar-refractivity contribution in [2.24, 2.45) is 5.92 Å². The summed E-state index contributed by atoms with van der Waals surface area (Å²) in [5.41, 5.74) is 1.56. The van der Waals surface area contributed by atoms with E-state index in [9.17, 15) is 9.59 Å². The molecule has 1 saturated carbocycles. The molecule has 4 nitrogen and oxygen atoms in total. The molecule has 0 spiro atoms. The number of carbonyl (C=O) groups is 2. The molecule has 0 radical (unpaired) electrons. The summed E-state index contributed by atoms with van der Waals surface area (Å²) in [4.78, 5) is 25.9. The Balaban J connectivity index is 1.65. The zero-order chi connectivity index (χ0) is 14.8. The summed E-state index contributed by atoms with van der Waals surface area (Å²) in [6, 6.07) is 7.62. The van der Waals surface area contributed by atoms with Crippen LogP contribution in [0.3, 0.4) is 0 Å². The smallest absolute Gasteiger partial charge is 0.251 e. The number of hydrogen-bond donors (Lipinski definition) is 1. The van der Waals surface area contributed by atoms with E-state index in [0.717, 1.165) is 25.1 Å². The van der Waals surface area contributed by atoms with Crippen LogP contribution in [-0.2, 0) is 4.79 Å². The van der Waals surface area contributed by atoms with Gasteiger partial charge < -0.3 is 10.2 Å². The quantitative estimate of drug-likeness (QED) is 0.925. The molecule has 2 aliphatic rings. The number of nitrogens with zero attached hydrogens (tertiary/aromatic N) is 1. The number of rotatable bonds is 4. The molecule has 3 rings (SSSR count). The Kier molecular flexibility index (Phi) is 3.95. The van der Waals surface area contributed by atoms with E-state index in [-0.39, 0.29) is 17.9 Å². The summed E-state index contributed by atoms with van der Waals surface area (Å²) < 4.78 is 0. The van der Waals surface area contributed by atoms with Gasteiger partial charge in [0.2, 0.25) is 5.91 Å². The first kappa shape index (κ1) is 14.1. The van der Waals surface area contributed by atoms with E-state index >= 15 is 0 Å². The highest BCUT2D eigenvalue weighted by atomic mass is 16.2. The van der Waals surface area contributed by atoms with Crippen LogP contribution < -0.4 is 10.2 Å². The van der Waals surface area contributed by atoms with Crippen molar-refractivity contribution in [1.29, 1.82) is 0 Å². The summed E-state index contributed by atoms with van der Waals surface area (Å²) in [5, 5.41) is 3.05. The van der Waals surface area contributed by atoms with E-state index in [1.165, 1.54) is 12.8 Å². The Labute approximate surface area is 125 Å².